The number of rotatable bonds is 2. The van der Waals surface area contributed by atoms with E-state index in [1.165, 1.54) is 0 Å². The van der Waals surface area contributed by atoms with Crippen LogP contribution in [0.5, 0.6) is 0 Å². The molecule has 1 saturated heterocycles. The van der Waals surface area contributed by atoms with Crippen molar-refractivity contribution in [2.75, 3.05) is 13.1 Å². The summed E-state index contributed by atoms with van der Waals surface area (Å²) in [6.45, 7) is 6.96. The van der Waals surface area contributed by atoms with Gasteiger partial charge in [-0.3, -0.25) is 4.79 Å². The molecule has 2 fully saturated rings. The quantitative estimate of drug-likeness (QED) is 0.846. The zero-order chi connectivity index (χ0) is 14.9. The normalized spacial score (nSPS) is 29.9. The number of carboxylic acid groups (broad SMARTS) is 1. The molecule has 3 unspecified atom stereocenters. The summed E-state index contributed by atoms with van der Waals surface area (Å²) in [5.41, 5.74) is -0.481. The highest BCUT2D eigenvalue weighted by atomic mass is 16.6. The third-order valence-electron chi connectivity index (χ3n) is 4.34. The van der Waals surface area contributed by atoms with Gasteiger partial charge >= 0.3 is 12.1 Å². The molecule has 0 spiro atoms. The smallest absolute Gasteiger partial charge is 0.410 e. The summed E-state index contributed by atoms with van der Waals surface area (Å²) < 4.78 is 5.41. The van der Waals surface area contributed by atoms with E-state index >= 15 is 0 Å². The highest BCUT2D eigenvalue weighted by Crippen LogP contribution is 2.41. The molecule has 2 rings (SSSR count). The van der Waals surface area contributed by atoms with E-state index in [2.05, 4.69) is 0 Å². The first-order valence-corrected chi connectivity index (χ1v) is 7.46. The van der Waals surface area contributed by atoms with Gasteiger partial charge in [0.25, 0.3) is 0 Å². The second-order valence-electron chi connectivity index (χ2n) is 7.10. The number of hydrogen-bond donors (Lipinski definition) is 1. The van der Waals surface area contributed by atoms with Crippen LogP contribution in [-0.4, -0.2) is 40.8 Å². The van der Waals surface area contributed by atoms with E-state index in [0.29, 0.717) is 18.4 Å². The molecule has 1 N–H and O–H groups in total. The molecule has 5 heteroatoms. The molecule has 1 aliphatic carbocycles. The summed E-state index contributed by atoms with van der Waals surface area (Å²) in [5.74, 6) is 0.248. The van der Waals surface area contributed by atoms with Crippen molar-refractivity contribution in [2.24, 2.45) is 17.8 Å². The lowest BCUT2D eigenvalue weighted by atomic mass is 9.72. The van der Waals surface area contributed by atoms with E-state index in [9.17, 15) is 9.59 Å². The van der Waals surface area contributed by atoms with E-state index in [-0.39, 0.29) is 18.4 Å². The van der Waals surface area contributed by atoms with Gasteiger partial charge in [0.1, 0.15) is 5.60 Å². The number of likely N-dealkylation sites (tertiary alicyclic amines) is 1. The zero-order valence-electron chi connectivity index (χ0n) is 12.6. The molecule has 20 heavy (non-hydrogen) atoms. The zero-order valence-corrected chi connectivity index (χ0v) is 12.6. The van der Waals surface area contributed by atoms with Crippen LogP contribution in [0.15, 0.2) is 0 Å². The summed E-state index contributed by atoms with van der Waals surface area (Å²) in [4.78, 5) is 24.8. The summed E-state index contributed by atoms with van der Waals surface area (Å²) in [7, 11) is 0. The first kappa shape index (κ1) is 15.1. The summed E-state index contributed by atoms with van der Waals surface area (Å²) in [6.07, 6.45) is 3.10. The molecule has 0 aromatic carbocycles. The minimum Gasteiger partial charge on any atom is -0.481 e. The van der Waals surface area contributed by atoms with Crippen LogP contribution in [-0.2, 0) is 9.53 Å². The van der Waals surface area contributed by atoms with Gasteiger partial charge in [0, 0.05) is 19.5 Å². The Labute approximate surface area is 120 Å². The molecular formula is C15H25NO4. The highest BCUT2D eigenvalue weighted by molar-refractivity contribution is 5.69. The van der Waals surface area contributed by atoms with Crippen molar-refractivity contribution >= 4 is 12.1 Å². The van der Waals surface area contributed by atoms with Gasteiger partial charge in [0.2, 0.25) is 0 Å². The second kappa shape index (κ2) is 5.62. The number of aliphatic carboxylic acids is 1. The number of carboxylic acids is 1. The minimum atomic E-state index is -0.730. The summed E-state index contributed by atoms with van der Waals surface area (Å²) in [5, 5.41) is 9.01. The Morgan fingerprint density at radius 2 is 1.95 bits per heavy atom. The average molecular weight is 283 g/mol. The Hall–Kier alpha value is -1.26. The van der Waals surface area contributed by atoms with Crippen molar-refractivity contribution in [3.05, 3.63) is 0 Å². The summed E-state index contributed by atoms with van der Waals surface area (Å²) >= 11 is 0. The number of ether oxygens (including phenoxy) is 1. The lowest BCUT2D eigenvalue weighted by molar-refractivity contribution is -0.138. The number of hydrogen-bond acceptors (Lipinski definition) is 3. The monoisotopic (exact) mass is 283 g/mol. The minimum absolute atomic E-state index is 0.207. The van der Waals surface area contributed by atoms with Gasteiger partial charge in [-0.2, -0.15) is 0 Å². The van der Waals surface area contributed by atoms with Crippen LogP contribution in [0.4, 0.5) is 4.79 Å². The lowest BCUT2D eigenvalue weighted by Gasteiger charge is -2.31. The Bertz CT molecular complexity index is 388. The number of carbonyl (C=O) groups is 2. The Morgan fingerprint density at radius 3 is 2.55 bits per heavy atom. The summed E-state index contributed by atoms with van der Waals surface area (Å²) in [6, 6.07) is 0. The van der Waals surface area contributed by atoms with Crippen molar-refractivity contribution < 1.29 is 19.4 Å². The predicted octanol–water partition coefficient (Wildman–Crippen LogP) is 2.74. The highest BCUT2D eigenvalue weighted by Gasteiger charge is 2.43. The van der Waals surface area contributed by atoms with Crippen LogP contribution in [0.1, 0.15) is 46.5 Å². The Morgan fingerprint density at radius 1 is 1.25 bits per heavy atom. The van der Waals surface area contributed by atoms with E-state index < -0.39 is 11.6 Å². The number of nitrogens with zero attached hydrogens (tertiary/aromatic N) is 1. The fraction of sp³-hybridized carbons (Fsp3) is 0.867. The SMILES string of the molecule is CC(C)(C)OC(=O)N1CC2CCCC(CC(=O)O)C2C1. The molecule has 0 radical (unpaired) electrons. The van der Waals surface area contributed by atoms with Crippen molar-refractivity contribution in [1.29, 1.82) is 0 Å². The van der Waals surface area contributed by atoms with Crippen molar-refractivity contribution in [2.45, 2.75) is 52.1 Å². The van der Waals surface area contributed by atoms with Crippen molar-refractivity contribution in [3.8, 4) is 0 Å². The molecule has 0 bridgehead atoms. The molecular weight excluding hydrogens is 258 g/mol. The fourth-order valence-corrected chi connectivity index (χ4v) is 3.55. The van der Waals surface area contributed by atoms with Crippen LogP contribution in [0.25, 0.3) is 0 Å². The van der Waals surface area contributed by atoms with Gasteiger partial charge < -0.3 is 14.7 Å². The maximum Gasteiger partial charge on any atom is 0.410 e. The molecule has 114 valence electrons. The van der Waals surface area contributed by atoms with E-state index in [0.717, 1.165) is 25.8 Å². The average Bonchev–Trinajstić information content (AvgIpc) is 2.70. The van der Waals surface area contributed by atoms with Gasteiger partial charge in [-0.05, 0) is 51.4 Å². The van der Waals surface area contributed by atoms with Gasteiger partial charge in [0.15, 0.2) is 0 Å². The first-order chi connectivity index (χ1) is 9.26. The third kappa shape index (κ3) is 3.64. The number of amides is 1. The van der Waals surface area contributed by atoms with Gasteiger partial charge in [-0.15, -0.1) is 0 Å². The lowest BCUT2D eigenvalue weighted by Crippen LogP contribution is -2.35. The fourth-order valence-electron chi connectivity index (χ4n) is 3.55. The van der Waals surface area contributed by atoms with Crippen molar-refractivity contribution in [3.63, 3.8) is 0 Å². The Kier molecular flexibility index (Phi) is 4.25. The first-order valence-electron chi connectivity index (χ1n) is 7.46. The third-order valence-corrected chi connectivity index (χ3v) is 4.34. The van der Waals surface area contributed by atoms with Crippen LogP contribution in [0, 0.1) is 17.8 Å². The standard InChI is InChI=1S/C15H25NO4/c1-15(2,3)20-14(19)16-8-11-6-4-5-10(7-13(17)18)12(11)9-16/h10-12H,4-9H2,1-3H3,(H,17,18). The van der Waals surface area contributed by atoms with E-state index in [1.807, 2.05) is 20.8 Å². The molecule has 1 aliphatic heterocycles. The second-order valence-corrected chi connectivity index (χ2v) is 7.10. The number of carbonyl (C=O) groups excluding carboxylic acids is 1. The molecule has 1 saturated carbocycles. The molecule has 3 atom stereocenters. The Balaban J connectivity index is 1.98. The molecule has 0 aromatic rings. The maximum atomic E-state index is 12.1. The van der Waals surface area contributed by atoms with E-state index in [1.54, 1.807) is 4.90 Å². The molecule has 5 nitrogen and oxygen atoms in total. The van der Waals surface area contributed by atoms with E-state index in [4.69, 9.17) is 9.84 Å². The molecule has 2 aliphatic rings. The largest absolute Gasteiger partial charge is 0.481 e. The molecule has 1 heterocycles. The van der Waals surface area contributed by atoms with Gasteiger partial charge in [0.05, 0.1) is 0 Å². The predicted molar refractivity (Wildman–Crippen MR) is 74.4 cm³/mol. The van der Waals surface area contributed by atoms with Crippen LogP contribution < -0.4 is 0 Å². The van der Waals surface area contributed by atoms with Crippen LogP contribution in [0.3, 0.4) is 0 Å². The van der Waals surface area contributed by atoms with Gasteiger partial charge in [-0.25, -0.2) is 4.79 Å². The maximum absolute atomic E-state index is 12.1. The van der Waals surface area contributed by atoms with Gasteiger partial charge in [-0.1, -0.05) is 6.42 Å². The molecule has 0 aromatic heterocycles. The van der Waals surface area contributed by atoms with Crippen molar-refractivity contribution in [1.82, 2.24) is 4.90 Å². The van der Waals surface area contributed by atoms with Crippen LogP contribution >= 0.6 is 0 Å². The molecule has 1 amide bonds. The number of fused-ring (bicyclic) bond motifs is 1. The van der Waals surface area contributed by atoms with Crippen LogP contribution in [0.2, 0.25) is 0 Å². The topological polar surface area (TPSA) is 66.8 Å².